The van der Waals surface area contributed by atoms with Crippen LogP contribution in [0.3, 0.4) is 0 Å². The molecule has 1 aliphatic carbocycles. The number of rotatable bonds is 4. The molecule has 1 fully saturated rings. The minimum Gasteiger partial charge on any atom is -0.179 e. The van der Waals surface area contributed by atoms with Crippen LogP contribution < -0.4 is 0 Å². The molecule has 0 amide bonds. The molecule has 0 bridgehead atoms. The fourth-order valence-electron chi connectivity index (χ4n) is 2.74. The summed E-state index contributed by atoms with van der Waals surface area (Å²) in [6.45, 7) is 9.41. The molecule has 3 atom stereocenters. The van der Waals surface area contributed by atoms with E-state index in [2.05, 4.69) is 40.3 Å². The molecule has 0 saturated heterocycles. The van der Waals surface area contributed by atoms with E-state index in [4.69, 9.17) is 0 Å². The lowest BCUT2D eigenvalue weighted by atomic mass is 9.59. The summed E-state index contributed by atoms with van der Waals surface area (Å²) >= 11 is 4.44. The van der Waals surface area contributed by atoms with E-state index in [-0.39, 0.29) is 0 Å². The molecule has 1 heteroatoms. The monoisotopic (exact) mass is 200 g/mol. The molecular weight excluding hydrogens is 176 g/mol. The summed E-state index contributed by atoms with van der Waals surface area (Å²) in [5.74, 6) is 5.70. The lowest BCUT2D eigenvalue weighted by molar-refractivity contribution is 0.0336. The van der Waals surface area contributed by atoms with E-state index < -0.39 is 0 Å². The van der Waals surface area contributed by atoms with Crippen LogP contribution in [0.25, 0.3) is 0 Å². The molecule has 0 N–H and O–H groups in total. The van der Waals surface area contributed by atoms with Crippen LogP contribution in [0, 0.1) is 29.6 Å². The van der Waals surface area contributed by atoms with Crippen LogP contribution in [-0.4, -0.2) is 5.75 Å². The molecule has 0 aromatic rings. The number of hydrogen-bond donors (Lipinski definition) is 1. The highest BCUT2D eigenvalue weighted by atomic mass is 32.1. The van der Waals surface area contributed by atoms with Gasteiger partial charge in [0.1, 0.15) is 0 Å². The van der Waals surface area contributed by atoms with Gasteiger partial charge in [-0.3, -0.25) is 0 Å². The Balaban J connectivity index is 2.44. The zero-order chi connectivity index (χ0) is 10.0. The van der Waals surface area contributed by atoms with Crippen molar-refractivity contribution in [2.75, 3.05) is 5.75 Å². The third-order valence-corrected chi connectivity index (χ3v) is 4.03. The van der Waals surface area contributed by atoms with E-state index >= 15 is 0 Å². The van der Waals surface area contributed by atoms with E-state index in [1.165, 1.54) is 12.8 Å². The van der Waals surface area contributed by atoms with Gasteiger partial charge in [0, 0.05) is 0 Å². The topological polar surface area (TPSA) is 0 Å². The third-order valence-electron chi connectivity index (χ3n) is 3.56. The van der Waals surface area contributed by atoms with Crippen LogP contribution in [0.4, 0.5) is 0 Å². The second kappa shape index (κ2) is 4.72. The molecule has 0 aliphatic heterocycles. The first-order valence-corrected chi connectivity index (χ1v) is 6.30. The zero-order valence-corrected chi connectivity index (χ0v) is 10.3. The predicted molar refractivity (Wildman–Crippen MR) is 63.2 cm³/mol. The van der Waals surface area contributed by atoms with Crippen molar-refractivity contribution in [3.63, 3.8) is 0 Å². The fraction of sp³-hybridized carbons (Fsp3) is 1.00. The van der Waals surface area contributed by atoms with Gasteiger partial charge in [-0.2, -0.15) is 12.6 Å². The SMILES string of the molecule is CC(C)CC1C(CS)CC1C(C)C. The van der Waals surface area contributed by atoms with Crippen LogP contribution in [0.1, 0.15) is 40.5 Å². The maximum absolute atomic E-state index is 4.44. The average molecular weight is 200 g/mol. The van der Waals surface area contributed by atoms with Gasteiger partial charge in [-0.15, -0.1) is 0 Å². The second-order valence-corrected chi connectivity index (χ2v) is 5.74. The smallest absolute Gasteiger partial charge is 0.00666 e. The lowest BCUT2D eigenvalue weighted by Crippen LogP contribution is -2.41. The molecule has 13 heavy (non-hydrogen) atoms. The molecule has 0 radical (unpaired) electrons. The summed E-state index contributed by atoms with van der Waals surface area (Å²) in [5, 5.41) is 0. The lowest BCUT2D eigenvalue weighted by Gasteiger charge is -2.47. The summed E-state index contributed by atoms with van der Waals surface area (Å²) in [6.07, 6.45) is 2.84. The van der Waals surface area contributed by atoms with E-state index in [0.717, 1.165) is 35.3 Å². The maximum atomic E-state index is 4.44. The highest BCUT2D eigenvalue weighted by Crippen LogP contribution is 2.48. The van der Waals surface area contributed by atoms with E-state index in [1.807, 2.05) is 0 Å². The van der Waals surface area contributed by atoms with Gasteiger partial charge in [-0.25, -0.2) is 0 Å². The Morgan fingerprint density at radius 1 is 1.23 bits per heavy atom. The van der Waals surface area contributed by atoms with E-state index in [9.17, 15) is 0 Å². The van der Waals surface area contributed by atoms with Gasteiger partial charge in [0.05, 0.1) is 0 Å². The van der Waals surface area contributed by atoms with Crippen molar-refractivity contribution in [1.82, 2.24) is 0 Å². The summed E-state index contributed by atoms with van der Waals surface area (Å²) in [4.78, 5) is 0. The van der Waals surface area contributed by atoms with Crippen LogP contribution in [-0.2, 0) is 0 Å². The highest BCUT2D eigenvalue weighted by Gasteiger charge is 2.41. The molecular formula is C12H24S. The predicted octanol–water partition coefficient (Wildman–Crippen LogP) is 3.87. The van der Waals surface area contributed by atoms with Gasteiger partial charge < -0.3 is 0 Å². The Bertz CT molecular complexity index is 151. The minimum absolute atomic E-state index is 0.855. The Labute approximate surface area is 88.9 Å². The van der Waals surface area contributed by atoms with Crippen molar-refractivity contribution < 1.29 is 0 Å². The normalized spacial score (nSPS) is 33.9. The van der Waals surface area contributed by atoms with Crippen LogP contribution in [0.2, 0.25) is 0 Å². The molecule has 0 aromatic heterocycles. The quantitative estimate of drug-likeness (QED) is 0.654. The van der Waals surface area contributed by atoms with Gasteiger partial charge in [0.15, 0.2) is 0 Å². The molecule has 1 saturated carbocycles. The Kier molecular flexibility index (Phi) is 4.15. The molecule has 1 aliphatic rings. The first kappa shape index (κ1) is 11.4. The van der Waals surface area contributed by atoms with Crippen molar-refractivity contribution in [3.05, 3.63) is 0 Å². The summed E-state index contributed by atoms with van der Waals surface area (Å²) in [5.41, 5.74) is 0. The summed E-state index contributed by atoms with van der Waals surface area (Å²) in [6, 6.07) is 0. The number of thiol groups is 1. The third kappa shape index (κ3) is 2.65. The van der Waals surface area contributed by atoms with Gasteiger partial charge in [-0.1, -0.05) is 27.7 Å². The van der Waals surface area contributed by atoms with Crippen molar-refractivity contribution in [1.29, 1.82) is 0 Å². The average Bonchev–Trinajstić information content (AvgIpc) is 1.98. The largest absolute Gasteiger partial charge is 0.179 e. The van der Waals surface area contributed by atoms with Crippen molar-refractivity contribution in [2.45, 2.75) is 40.5 Å². The highest BCUT2D eigenvalue weighted by molar-refractivity contribution is 7.80. The van der Waals surface area contributed by atoms with Crippen molar-refractivity contribution in [2.24, 2.45) is 29.6 Å². The first-order chi connectivity index (χ1) is 6.06. The van der Waals surface area contributed by atoms with E-state index in [0.29, 0.717) is 0 Å². The van der Waals surface area contributed by atoms with E-state index in [1.54, 1.807) is 0 Å². The maximum Gasteiger partial charge on any atom is -0.00666 e. The first-order valence-electron chi connectivity index (χ1n) is 5.67. The van der Waals surface area contributed by atoms with Gasteiger partial charge in [-0.05, 0) is 48.2 Å². The summed E-state index contributed by atoms with van der Waals surface area (Å²) < 4.78 is 0. The van der Waals surface area contributed by atoms with Gasteiger partial charge in [0.2, 0.25) is 0 Å². The zero-order valence-electron chi connectivity index (χ0n) is 9.46. The summed E-state index contributed by atoms with van der Waals surface area (Å²) in [7, 11) is 0. The molecule has 0 aromatic carbocycles. The van der Waals surface area contributed by atoms with Crippen molar-refractivity contribution in [3.8, 4) is 0 Å². The molecule has 0 spiro atoms. The molecule has 0 nitrogen and oxygen atoms in total. The Morgan fingerprint density at radius 2 is 1.85 bits per heavy atom. The minimum atomic E-state index is 0.855. The second-order valence-electron chi connectivity index (χ2n) is 5.38. The van der Waals surface area contributed by atoms with Crippen LogP contribution in [0.15, 0.2) is 0 Å². The molecule has 78 valence electrons. The Hall–Kier alpha value is 0.350. The Morgan fingerprint density at radius 3 is 2.23 bits per heavy atom. The number of hydrogen-bond acceptors (Lipinski definition) is 1. The van der Waals surface area contributed by atoms with Crippen molar-refractivity contribution >= 4 is 12.6 Å². The fourth-order valence-corrected chi connectivity index (χ4v) is 3.16. The standard InChI is InChI=1S/C12H24S/c1-8(2)5-12-10(7-13)6-11(12)9(3)4/h8-13H,5-7H2,1-4H3. The molecule has 3 unspecified atom stereocenters. The molecule has 1 rings (SSSR count). The van der Waals surface area contributed by atoms with Gasteiger partial charge >= 0.3 is 0 Å². The van der Waals surface area contributed by atoms with Crippen LogP contribution in [0.5, 0.6) is 0 Å². The molecule has 0 heterocycles. The van der Waals surface area contributed by atoms with Gasteiger partial charge in [0.25, 0.3) is 0 Å². The van der Waals surface area contributed by atoms with Crippen LogP contribution >= 0.6 is 12.6 Å².